The average Bonchev–Trinajstić information content (AvgIpc) is 2.61. The van der Waals surface area contributed by atoms with Gasteiger partial charge < -0.3 is 4.90 Å². The summed E-state index contributed by atoms with van der Waals surface area (Å²) < 4.78 is 0. The Morgan fingerprint density at radius 3 is 2.64 bits per heavy atom. The van der Waals surface area contributed by atoms with Gasteiger partial charge in [-0.15, -0.1) is 0 Å². The summed E-state index contributed by atoms with van der Waals surface area (Å²) >= 11 is 0. The standard InChI is InChI=1S/C11H10N2O/c12-7-9-6-11(14)13(8-9)10-4-2-1-3-5-10/h1-5,9H,6,8H2. The third-order valence-corrected chi connectivity index (χ3v) is 2.38. The summed E-state index contributed by atoms with van der Waals surface area (Å²) in [4.78, 5) is 13.2. The highest BCUT2D eigenvalue weighted by Crippen LogP contribution is 2.23. The summed E-state index contributed by atoms with van der Waals surface area (Å²) in [5, 5.41) is 8.72. The van der Waals surface area contributed by atoms with Crippen molar-refractivity contribution in [3.63, 3.8) is 0 Å². The predicted molar refractivity (Wildman–Crippen MR) is 52.5 cm³/mol. The maximum absolute atomic E-state index is 11.5. The van der Waals surface area contributed by atoms with Crippen molar-refractivity contribution >= 4 is 11.6 Å². The Kier molecular flexibility index (Phi) is 2.19. The Labute approximate surface area is 82.6 Å². The molecular weight excluding hydrogens is 176 g/mol. The quantitative estimate of drug-likeness (QED) is 0.668. The summed E-state index contributed by atoms with van der Waals surface area (Å²) in [5.41, 5.74) is 0.884. The smallest absolute Gasteiger partial charge is 0.228 e. The molecule has 14 heavy (non-hydrogen) atoms. The Hall–Kier alpha value is -1.82. The van der Waals surface area contributed by atoms with E-state index >= 15 is 0 Å². The van der Waals surface area contributed by atoms with Gasteiger partial charge in [0, 0.05) is 18.7 Å². The molecule has 0 radical (unpaired) electrons. The third-order valence-electron chi connectivity index (χ3n) is 2.38. The lowest BCUT2D eigenvalue weighted by molar-refractivity contribution is -0.117. The minimum atomic E-state index is -0.150. The van der Waals surface area contributed by atoms with Crippen LogP contribution in [0.1, 0.15) is 6.42 Å². The lowest BCUT2D eigenvalue weighted by Gasteiger charge is -2.14. The highest BCUT2D eigenvalue weighted by Gasteiger charge is 2.30. The second kappa shape index (κ2) is 3.51. The van der Waals surface area contributed by atoms with Crippen molar-refractivity contribution in [3.05, 3.63) is 30.3 Å². The average molecular weight is 186 g/mol. The zero-order valence-corrected chi connectivity index (χ0v) is 7.68. The first kappa shape index (κ1) is 8.76. The fourth-order valence-electron chi connectivity index (χ4n) is 1.65. The number of para-hydroxylation sites is 1. The normalized spacial score (nSPS) is 20.9. The number of nitriles is 1. The molecule has 1 heterocycles. The van der Waals surface area contributed by atoms with E-state index in [2.05, 4.69) is 6.07 Å². The molecule has 1 fully saturated rings. The van der Waals surface area contributed by atoms with Crippen molar-refractivity contribution in [2.24, 2.45) is 5.92 Å². The molecule has 0 aliphatic carbocycles. The first-order chi connectivity index (χ1) is 6.81. The van der Waals surface area contributed by atoms with Crippen LogP contribution in [0.3, 0.4) is 0 Å². The van der Waals surface area contributed by atoms with Crippen LogP contribution in [0.2, 0.25) is 0 Å². The van der Waals surface area contributed by atoms with E-state index in [0.29, 0.717) is 13.0 Å². The molecule has 1 aliphatic heterocycles. The Morgan fingerprint density at radius 1 is 1.36 bits per heavy atom. The van der Waals surface area contributed by atoms with Crippen LogP contribution in [-0.2, 0) is 4.79 Å². The van der Waals surface area contributed by atoms with E-state index in [4.69, 9.17) is 5.26 Å². The summed E-state index contributed by atoms with van der Waals surface area (Å²) in [6, 6.07) is 11.6. The molecule has 1 aromatic carbocycles. The van der Waals surface area contributed by atoms with Crippen molar-refractivity contribution in [3.8, 4) is 6.07 Å². The van der Waals surface area contributed by atoms with Crippen LogP contribution >= 0.6 is 0 Å². The van der Waals surface area contributed by atoms with E-state index in [9.17, 15) is 4.79 Å². The number of hydrogen-bond acceptors (Lipinski definition) is 2. The van der Waals surface area contributed by atoms with Crippen molar-refractivity contribution in [1.82, 2.24) is 0 Å². The molecule has 3 heteroatoms. The molecule has 0 saturated carbocycles. The van der Waals surface area contributed by atoms with E-state index in [-0.39, 0.29) is 11.8 Å². The number of rotatable bonds is 1. The lowest BCUT2D eigenvalue weighted by atomic mass is 10.1. The predicted octanol–water partition coefficient (Wildman–Crippen LogP) is 1.56. The summed E-state index contributed by atoms with van der Waals surface area (Å²) in [5.74, 6) is -0.106. The van der Waals surface area contributed by atoms with Gasteiger partial charge in [-0.1, -0.05) is 18.2 Å². The minimum Gasteiger partial charge on any atom is -0.311 e. The van der Waals surface area contributed by atoms with Crippen LogP contribution in [0, 0.1) is 17.2 Å². The number of carbonyl (C=O) groups excluding carboxylic acids is 1. The molecule has 1 aromatic rings. The highest BCUT2D eigenvalue weighted by atomic mass is 16.2. The molecule has 2 rings (SSSR count). The van der Waals surface area contributed by atoms with E-state index in [0.717, 1.165) is 5.69 Å². The second-order valence-electron chi connectivity index (χ2n) is 3.37. The van der Waals surface area contributed by atoms with Gasteiger partial charge in [-0.2, -0.15) is 5.26 Å². The molecule has 0 spiro atoms. The number of benzene rings is 1. The maximum atomic E-state index is 11.5. The van der Waals surface area contributed by atoms with Crippen LogP contribution in [0.4, 0.5) is 5.69 Å². The molecule has 1 saturated heterocycles. The minimum absolute atomic E-state index is 0.0442. The number of hydrogen-bond donors (Lipinski definition) is 0. The van der Waals surface area contributed by atoms with Crippen molar-refractivity contribution in [1.29, 1.82) is 5.26 Å². The SMILES string of the molecule is N#CC1CC(=O)N(c2ccccc2)C1. The lowest BCUT2D eigenvalue weighted by Crippen LogP contribution is -2.24. The fraction of sp³-hybridized carbons (Fsp3) is 0.273. The Morgan fingerprint density at radius 2 is 2.07 bits per heavy atom. The number of amides is 1. The van der Waals surface area contributed by atoms with E-state index in [1.54, 1.807) is 4.90 Å². The van der Waals surface area contributed by atoms with Crippen LogP contribution in [-0.4, -0.2) is 12.5 Å². The Bertz CT molecular complexity index is 380. The van der Waals surface area contributed by atoms with E-state index < -0.39 is 0 Å². The largest absolute Gasteiger partial charge is 0.311 e. The van der Waals surface area contributed by atoms with Gasteiger partial charge in [-0.05, 0) is 12.1 Å². The van der Waals surface area contributed by atoms with Gasteiger partial charge in [0.05, 0.1) is 12.0 Å². The van der Waals surface area contributed by atoms with Gasteiger partial charge in [-0.3, -0.25) is 4.79 Å². The van der Waals surface area contributed by atoms with Gasteiger partial charge in [0.2, 0.25) is 5.91 Å². The molecule has 0 N–H and O–H groups in total. The summed E-state index contributed by atoms with van der Waals surface area (Å²) in [6.45, 7) is 0.527. The fourth-order valence-corrected chi connectivity index (χ4v) is 1.65. The number of carbonyl (C=O) groups is 1. The van der Waals surface area contributed by atoms with Crippen LogP contribution < -0.4 is 4.90 Å². The van der Waals surface area contributed by atoms with Gasteiger partial charge in [0.1, 0.15) is 0 Å². The molecule has 0 bridgehead atoms. The zero-order valence-electron chi connectivity index (χ0n) is 7.68. The molecule has 1 atom stereocenters. The van der Waals surface area contributed by atoms with E-state index in [1.165, 1.54) is 0 Å². The van der Waals surface area contributed by atoms with Gasteiger partial charge >= 0.3 is 0 Å². The topological polar surface area (TPSA) is 44.1 Å². The monoisotopic (exact) mass is 186 g/mol. The molecule has 1 unspecified atom stereocenters. The van der Waals surface area contributed by atoms with Gasteiger partial charge in [0.25, 0.3) is 0 Å². The summed E-state index contributed by atoms with van der Waals surface area (Å²) in [7, 11) is 0. The number of nitrogens with zero attached hydrogens (tertiary/aromatic N) is 2. The van der Waals surface area contributed by atoms with E-state index in [1.807, 2.05) is 30.3 Å². The third kappa shape index (κ3) is 1.47. The Balaban J connectivity index is 2.22. The zero-order chi connectivity index (χ0) is 9.97. The van der Waals surface area contributed by atoms with Crippen LogP contribution in [0.25, 0.3) is 0 Å². The summed E-state index contributed by atoms with van der Waals surface area (Å²) in [6.07, 6.45) is 0.353. The van der Waals surface area contributed by atoms with Crippen molar-refractivity contribution in [2.45, 2.75) is 6.42 Å². The second-order valence-corrected chi connectivity index (χ2v) is 3.37. The molecule has 3 nitrogen and oxygen atoms in total. The molecule has 1 amide bonds. The number of anilines is 1. The molecular formula is C11H10N2O. The molecule has 70 valence electrons. The van der Waals surface area contributed by atoms with Crippen molar-refractivity contribution < 1.29 is 4.79 Å². The van der Waals surface area contributed by atoms with Gasteiger partial charge in [-0.25, -0.2) is 0 Å². The van der Waals surface area contributed by atoms with Crippen LogP contribution in [0.15, 0.2) is 30.3 Å². The first-order valence-electron chi connectivity index (χ1n) is 4.56. The highest BCUT2D eigenvalue weighted by molar-refractivity contribution is 5.96. The van der Waals surface area contributed by atoms with Crippen LogP contribution in [0.5, 0.6) is 0 Å². The molecule has 0 aromatic heterocycles. The van der Waals surface area contributed by atoms with Crippen molar-refractivity contribution in [2.75, 3.05) is 11.4 Å². The maximum Gasteiger partial charge on any atom is 0.228 e. The van der Waals surface area contributed by atoms with Gasteiger partial charge in [0.15, 0.2) is 0 Å². The molecule has 1 aliphatic rings. The first-order valence-corrected chi connectivity index (χ1v) is 4.56.